The van der Waals surface area contributed by atoms with E-state index in [-0.39, 0.29) is 6.61 Å². The number of esters is 1. The number of allylic oxidation sites excluding steroid dienone is 1. The van der Waals surface area contributed by atoms with E-state index >= 15 is 0 Å². The van der Waals surface area contributed by atoms with Crippen molar-refractivity contribution in [2.75, 3.05) is 6.61 Å². The summed E-state index contributed by atoms with van der Waals surface area (Å²) in [7, 11) is 0. The molecule has 0 fully saturated rings. The molecule has 154 valence electrons. The van der Waals surface area contributed by atoms with Crippen molar-refractivity contribution in [1.29, 1.82) is 0 Å². The van der Waals surface area contributed by atoms with Gasteiger partial charge in [0.1, 0.15) is 0 Å². The van der Waals surface area contributed by atoms with Gasteiger partial charge in [-0.05, 0) is 0 Å². The summed E-state index contributed by atoms with van der Waals surface area (Å²) in [5.41, 5.74) is 0. The number of hydrogen-bond acceptors (Lipinski definition) is 2. The van der Waals surface area contributed by atoms with E-state index in [0.29, 0.717) is 19.3 Å². The molecule has 0 atom stereocenters. The van der Waals surface area contributed by atoms with E-state index in [9.17, 15) is 18.0 Å². The Kier molecular flexibility index (Phi) is 6.82. The Hall–Kier alpha value is -2.80. The van der Waals surface area contributed by atoms with Crippen LogP contribution in [0.15, 0.2) is 101 Å². The van der Waals surface area contributed by atoms with Crippen LogP contribution in [0.1, 0.15) is 6.92 Å². The molecule has 6 heteroatoms. The zero-order chi connectivity index (χ0) is 21.6. The number of halogens is 3. The van der Waals surface area contributed by atoms with Crippen molar-refractivity contribution in [2.45, 2.75) is 13.1 Å². The van der Waals surface area contributed by atoms with E-state index in [2.05, 4.69) is 0 Å². The Morgan fingerprint density at radius 1 is 0.800 bits per heavy atom. The summed E-state index contributed by atoms with van der Waals surface area (Å²) in [5, 5.41) is 0. The molecule has 0 aliphatic heterocycles. The molecular weight excluding hydrogens is 450 g/mol. The number of ether oxygens (including phenoxy) is 1. The quantitative estimate of drug-likeness (QED) is 0.311. The Bertz CT molecular complexity index is 904. The molecule has 0 saturated carbocycles. The van der Waals surface area contributed by atoms with Crippen molar-refractivity contribution < 1.29 is 22.7 Å². The molecule has 30 heavy (non-hydrogen) atoms. The molecule has 3 rings (SSSR count). The summed E-state index contributed by atoms with van der Waals surface area (Å²) < 4.78 is 49.8. The molecule has 0 aliphatic rings. The number of alkyl halides is 3. The van der Waals surface area contributed by atoms with Crippen LogP contribution < -0.4 is 13.2 Å². The van der Waals surface area contributed by atoms with Crippen LogP contribution in [0.2, 0.25) is 0 Å². The minimum atomic E-state index is -4.71. The molecule has 0 saturated heterocycles. The number of carbonyl (C=O) groups is 1. The van der Waals surface area contributed by atoms with Gasteiger partial charge in [0.25, 0.3) is 0 Å². The van der Waals surface area contributed by atoms with Crippen molar-refractivity contribution in [2.24, 2.45) is 0 Å². The average molecular weight is 471 g/mol. The zero-order valence-electron chi connectivity index (χ0n) is 16.4. The van der Waals surface area contributed by atoms with E-state index in [1.165, 1.54) is 0 Å². The Labute approximate surface area is 176 Å². The van der Waals surface area contributed by atoms with Crippen molar-refractivity contribution in [1.82, 2.24) is 0 Å². The molecule has 0 unspecified atom stereocenters. The number of benzene rings is 3. The van der Waals surface area contributed by atoms with Crippen LogP contribution in [0, 0.1) is 0 Å². The molecule has 0 amide bonds. The molecule has 0 heterocycles. The third-order valence-electron chi connectivity index (χ3n) is 4.88. The molecule has 3 aromatic rings. The molecule has 0 aliphatic carbocycles. The van der Waals surface area contributed by atoms with Crippen molar-refractivity contribution >= 4 is 32.4 Å². The van der Waals surface area contributed by atoms with Crippen LogP contribution >= 0.6 is 0 Å². The van der Waals surface area contributed by atoms with Gasteiger partial charge in [-0.2, -0.15) is 0 Å². The van der Waals surface area contributed by atoms with Crippen LogP contribution in [0.4, 0.5) is 13.2 Å². The summed E-state index contributed by atoms with van der Waals surface area (Å²) in [6, 6.07) is 26.1. The predicted octanol–water partition coefficient (Wildman–Crippen LogP) is 3.75. The fourth-order valence-electron chi connectivity index (χ4n) is 3.74. The maximum atomic E-state index is 14.6. The molecule has 0 N–H and O–H groups in total. The Morgan fingerprint density at radius 2 is 1.17 bits per heavy atom. The minimum absolute atomic E-state index is 0.00246. The van der Waals surface area contributed by atoms with E-state index < -0.39 is 29.8 Å². The van der Waals surface area contributed by atoms with E-state index in [0.717, 1.165) is 0 Å². The second kappa shape index (κ2) is 9.34. The third kappa shape index (κ3) is 4.36. The van der Waals surface area contributed by atoms with Crippen molar-refractivity contribution in [3.8, 4) is 0 Å². The van der Waals surface area contributed by atoms with Gasteiger partial charge >= 0.3 is 176 Å². The van der Waals surface area contributed by atoms with Crippen LogP contribution in [0.25, 0.3) is 0 Å². The summed E-state index contributed by atoms with van der Waals surface area (Å²) >= 11 is -4.58. The van der Waals surface area contributed by atoms with Crippen LogP contribution in [0.5, 0.6) is 0 Å². The first-order valence-corrected chi connectivity index (χ1v) is 13.7. The molecular formula is C24H21F3GeO2. The van der Waals surface area contributed by atoms with Crippen LogP contribution in [-0.4, -0.2) is 32.0 Å². The number of carbonyl (C=O) groups excluding carboxylic acids is 1. The van der Waals surface area contributed by atoms with Gasteiger partial charge in [-0.25, -0.2) is 0 Å². The van der Waals surface area contributed by atoms with Gasteiger partial charge in [0, 0.05) is 0 Å². The molecule has 2 nitrogen and oxygen atoms in total. The average Bonchev–Trinajstić information content (AvgIpc) is 2.75. The van der Waals surface area contributed by atoms with Gasteiger partial charge < -0.3 is 0 Å². The molecule has 0 bridgehead atoms. The maximum absolute atomic E-state index is 14.6. The SMILES string of the molecule is CCOC(=O)/C=[C](\C(F)(F)F)[Ge]([c]1ccccc1)([c]1ccccc1)[c]1ccccc1. The normalized spacial score (nSPS) is 12.5. The van der Waals surface area contributed by atoms with Crippen LogP contribution in [0.3, 0.4) is 0 Å². The monoisotopic (exact) mass is 472 g/mol. The second-order valence-corrected chi connectivity index (χ2v) is 14.6. The van der Waals surface area contributed by atoms with Gasteiger partial charge in [-0.15, -0.1) is 0 Å². The summed E-state index contributed by atoms with van der Waals surface area (Å²) in [4.78, 5) is 12.3. The molecule has 0 spiro atoms. The second-order valence-electron chi connectivity index (χ2n) is 6.66. The first-order valence-electron chi connectivity index (χ1n) is 9.53. The first-order chi connectivity index (χ1) is 14.4. The number of rotatable bonds is 6. The van der Waals surface area contributed by atoms with Crippen molar-refractivity contribution in [3.63, 3.8) is 0 Å². The zero-order valence-corrected chi connectivity index (χ0v) is 18.5. The summed E-state index contributed by atoms with van der Waals surface area (Å²) in [5.74, 6) is -0.984. The van der Waals surface area contributed by atoms with Gasteiger partial charge in [0.2, 0.25) is 0 Å². The Morgan fingerprint density at radius 3 is 1.47 bits per heavy atom. The van der Waals surface area contributed by atoms with E-state index in [1.807, 2.05) is 0 Å². The van der Waals surface area contributed by atoms with Gasteiger partial charge in [0.15, 0.2) is 0 Å². The summed E-state index contributed by atoms with van der Waals surface area (Å²) in [6.07, 6.45) is -4.05. The van der Waals surface area contributed by atoms with Crippen molar-refractivity contribution in [3.05, 3.63) is 101 Å². The third-order valence-corrected chi connectivity index (χ3v) is 15.0. The molecule has 0 aromatic heterocycles. The topological polar surface area (TPSA) is 26.3 Å². The number of hydrogen-bond donors (Lipinski definition) is 0. The fraction of sp³-hybridized carbons (Fsp3) is 0.125. The van der Waals surface area contributed by atoms with E-state index in [1.54, 1.807) is 97.9 Å². The fourth-order valence-corrected chi connectivity index (χ4v) is 13.7. The van der Waals surface area contributed by atoms with Crippen LogP contribution in [-0.2, 0) is 9.53 Å². The predicted molar refractivity (Wildman–Crippen MR) is 115 cm³/mol. The Balaban J connectivity index is 2.48. The molecule has 3 aromatic carbocycles. The van der Waals surface area contributed by atoms with Gasteiger partial charge in [-0.3, -0.25) is 0 Å². The first kappa shape index (κ1) is 21.9. The van der Waals surface area contributed by atoms with Gasteiger partial charge in [-0.1, -0.05) is 0 Å². The molecule has 0 radical (unpaired) electrons. The standard InChI is InChI=1S/C24H21F3GeO2/c1-2-30-23(29)18-22(24(25,26)27)28(19-12-6-3-7-13-19,20-14-8-4-9-15-20)21-16-10-5-11-17-21/h3-18H,2H2,1H3/b22-18+. The van der Waals surface area contributed by atoms with E-state index in [4.69, 9.17) is 4.74 Å². The summed E-state index contributed by atoms with van der Waals surface area (Å²) in [6.45, 7) is 1.57. The van der Waals surface area contributed by atoms with Gasteiger partial charge in [0.05, 0.1) is 0 Å².